The lowest BCUT2D eigenvalue weighted by Crippen LogP contribution is -1.99. The molecule has 3 aromatic rings. The molecule has 3 rings (SSSR count). The van der Waals surface area contributed by atoms with Gasteiger partial charge in [-0.05, 0) is 35.4 Å². The van der Waals surface area contributed by atoms with Crippen LogP contribution in [0.25, 0.3) is 17.0 Å². The van der Waals surface area contributed by atoms with Crippen LogP contribution in [0.3, 0.4) is 0 Å². The van der Waals surface area contributed by atoms with Crippen molar-refractivity contribution in [3.63, 3.8) is 0 Å². The van der Waals surface area contributed by atoms with Crippen molar-refractivity contribution in [2.75, 3.05) is 0 Å². The van der Waals surface area contributed by atoms with Gasteiger partial charge in [0.1, 0.15) is 0 Å². The molecule has 0 fully saturated rings. The number of hydrogen-bond donors (Lipinski definition) is 0. The monoisotopic (exact) mass is 374 g/mol. The Balaban J connectivity index is 2.16. The minimum Gasteiger partial charge on any atom is -0.347 e. The summed E-state index contributed by atoms with van der Waals surface area (Å²) >= 11 is 19.1. The molecular formula is C19H13Cl3N2. The summed E-state index contributed by atoms with van der Waals surface area (Å²) in [6.45, 7) is 3.77. The van der Waals surface area contributed by atoms with E-state index in [2.05, 4.69) is 12.6 Å². The lowest BCUT2D eigenvalue weighted by molar-refractivity contribution is 0.880. The predicted octanol–water partition coefficient (Wildman–Crippen LogP) is 6.24. The Morgan fingerprint density at radius 3 is 2.58 bits per heavy atom. The van der Waals surface area contributed by atoms with Crippen LogP contribution >= 0.6 is 34.8 Å². The molecule has 2 nitrogen and oxygen atoms in total. The van der Waals surface area contributed by atoms with Crippen LogP contribution in [0.4, 0.5) is 0 Å². The number of rotatable bonds is 3. The van der Waals surface area contributed by atoms with Crippen LogP contribution in [0.15, 0.2) is 36.9 Å². The third-order valence-corrected chi connectivity index (χ3v) is 5.25. The Morgan fingerprint density at radius 2 is 1.92 bits per heavy atom. The minimum absolute atomic E-state index is 0.532. The van der Waals surface area contributed by atoms with Gasteiger partial charge in [-0.1, -0.05) is 53.5 Å². The van der Waals surface area contributed by atoms with Crippen LogP contribution < -0.4 is 0 Å². The van der Waals surface area contributed by atoms with Gasteiger partial charge in [0.25, 0.3) is 0 Å². The molecule has 0 N–H and O–H groups in total. The summed E-state index contributed by atoms with van der Waals surface area (Å²) in [5.74, 6) is 0. The maximum absolute atomic E-state index is 9.12. The molecule has 24 heavy (non-hydrogen) atoms. The van der Waals surface area contributed by atoms with E-state index in [0.29, 0.717) is 27.1 Å². The van der Waals surface area contributed by atoms with E-state index in [1.807, 2.05) is 35.9 Å². The van der Waals surface area contributed by atoms with Crippen molar-refractivity contribution >= 4 is 51.8 Å². The topological polar surface area (TPSA) is 28.7 Å². The third kappa shape index (κ3) is 2.80. The highest BCUT2D eigenvalue weighted by Crippen LogP contribution is 2.34. The first kappa shape index (κ1) is 16.9. The summed E-state index contributed by atoms with van der Waals surface area (Å²) < 4.78 is 2.01. The van der Waals surface area contributed by atoms with E-state index >= 15 is 0 Å². The Kier molecular flexibility index (Phi) is 4.60. The highest BCUT2D eigenvalue weighted by atomic mass is 35.5. The van der Waals surface area contributed by atoms with Gasteiger partial charge in [-0.2, -0.15) is 5.26 Å². The standard InChI is InChI=1S/C19H13Cl3N2/c1-3-12-4-5-16(20)15(19(12)22)9-13-8-14-17(21)6-11(10-23)7-18(14)24(13)2/h3-8H,1,9H2,2H3. The van der Waals surface area contributed by atoms with Crippen molar-refractivity contribution in [1.29, 1.82) is 5.26 Å². The molecule has 0 aliphatic heterocycles. The molecule has 0 aliphatic rings. The van der Waals surface area contributed by atoms with E-state index in [1.165, 1.54) is 0 Å². The largest absolute Gasteiger partial charge is 0.347 e. The van der Waals surface area contributed by atoms with Gasteiger partial charge in [-0.25, -0.2) is 0 Å². The van der Waals surface area contributed by atoms with E-state index in [0.717, 1.165) is 27.7 Å². The van der Waals surface area contributed by atoms with Crippen LogP contribution in [-0.2, 0) is 13.5 Å². The predicted molar refractivity (Wildman–Crippen MR) is 102 cm³/mol. The first-order valence-electron chi connectivity index (χ1n) is 7.23. The van der Waals surface area contributed by atoms with Crippen molar-refractivity contribution in [1.82, 2.24) is 4.57 Å². The first-order chi connectivity index (χ1) is 11.5. The summed E-state index contributed by atoms with van der Waals surface area (Å²) in [5, 5.41) is 11.8. The van der Waals surface area contributed by atoms with Crippen LogP contribution in [0, 0.1) is 11.3 Å². The summed E-state index contributed by atoms with van der Waals surface area (Å²) in [5.41, 5.74) is 4.14. The number of benzene rings is 2. The molecule has 2 aromatic carbocycles. The number of nitrogens with zero attached hydrogens (tertiary/aromatic N) is 2. The second-order valence-corrected chi connectivity index (χ2v) is 6.70. The lowest BCUT2D eigenvalue weighted by Gasteiger charge is -2.11. The van der Waals surface area contributed by atoms with Gasteiger partial charge in [0, 0.05) is 29.6 Å². The molecule has 0 aliphatic carbocycles. The molecule has 0 saturated heterocycles. The molecular weight excluding hydrogens is 363 g/mol. The average Bonchev–Trinajstić information content (AvgIpc) is 2.88. The van der Waals surface area contributed by atoms with E-state index in [4.69, 9.17) is 40.1 Å². The fraction of sp³-hybridized carbons (Fsp3) is 0.105. The molecule has 0 saturated carbocycles. The van der Waals surface area contributed by atoms with Crippen molar-refractivity contribution in [3.8, 4) is 6.07 Å². The molecule has 0 unspecified atom stereocenters. The van der Waals surface area contributed by atoms with Gasteiger partial charge in [0.15, 0.2) is 0 Å². The van der Waals surface area contributed by atoms with Gasteiger partial charge >= 0.3 is 0 Å². The fourth-order valence-electron chi connectivity index (χ4n) is 2.79. The van der Waals surface area contributed by atoms with Crippen molar-refractivity contribution in [3.05, 3.63) is 74.4 Å². The highest BCUT2D eigenvalue weighted by Gasteiger charge is 2.15. The van der Waals surface area contributed by atoms with Crippen molar-refractivity contribution in [2.45, 2.75) is 6.42 Å². The molecule has 5 heteroatoms. The normalized spacial score (nSPS) is 10.8. The van der Waals surface area contributed by atoms with Gasteiger partial charge < -0.3 is 4.57 Å². The molecule has 0 spiro atoms. The Bertz CT molecular complexity index is 1010. The summed E-state index contributed by atoms with van der Waals surface area (Å²) in [7, 11) is 1.94. The second-order valence-electron chi connectivity index (χ2n) is 5.51. The van der Waals surface area contributed by atoms with Crippen LogP contribution in [-0.4, -0.2) is 4.57 Å². The number of aryl methyl sites for hydroxylation is 1. The molecule has 0 amide bonds. The molecule has 0 radical (unpaired) electrons. The van der Waals surface area contributed by atoms with Gasteiger partial charge in [0.2, 0.25) is 0 Å². The van der Waals surface area contributed by atoms with Crippen LogP contribution in [0.5, 0.6) is 0 Å². The van der Waals surface area contributed by atoms with E-state index in [-0.39, 0.29) is 0 Å². The van der Waals surface area contributed by atoms with Gasteiger partial charge in [0.05, 0.1) is 27.2 Å². The summed E-state index contributed by atoms with van der Waals surface area (Å²) in [4.78, 5) is 0. The smallest absolute Gasteiger partial charge is 0.0992 e. The SMILES string of the molecule is C=Cc1ccc(Cl)c(Cc2cc3c(Cl)cc(C#N)cc3n2C)c1Cl. The molecule has 120 valence electrons. The second kappa shape index (κ2) is 6.53. The van der Waals surface area contributed by atoms with Crippen LogP contribution in [0.1, 0.15) is 22.4 Å². The zero-order valence-electron chi connectivity index (χ0n) is 12.9. The zero-order chi connectivity index (χ0) is 17.4. The Morgan fingerprint density at radius 1 is 1.17 bits per heavy atom. The summed E-state index contributed by atoms with van der Waals surface area (Å²) in [6.07, 6.45) is 2.27. The summed E-state index contributed by atoms with van der Waals surface area (Å²) in [6, 6.07) is 11.3. The quantitative estimate of drug-likeness (QED) is 0.532. The van der Waals surface area contributed by atoms with Crippen molar-refractivity contribution in [2.24, 2.45) is 7.05 Å². The molecule has 0 atom stereocenters. The molecule has 1 heterocycles. The van der Waals surface area contributed by atoms with Gasteiger partial charge in [-0.15, -0.1) is 0 Å². The number of hydrogen-bond acceptors (Lipinski definition) is 1. The van der Waals surface area contributed by atoms with Crippen LogP contribution in [0.2, 0.25) is 15.1 Å². The average molecular weight is 376 g/mol. The first-order valence-corrected chi connectivity index (χ1v) is 8.37. The van der Waals surface area contributed by atoms with E-state index in [1.54, 1.807) is 12.1 Å². The third-order valence-electron chi connectivity index (χ3n) is 4.13. The van der Waals surface area contributed by atoms with E-state index in [9.17, 15) is 0 Å². The number of aromatic nitrogens is 1. The number of halogens is 3. The maximum atomic E-state index is 9.12. The fourth-order valence-corrected chi connectivity index (χ4v) is 3.64. The number of fused-ring (bicyclic) bond motifs is 1. The Hall–Kier alpha value is -1.92. The number of nitriles is 1. The van der Waals surface area contributed by atoms with Gasteiger partial charge in [-0.3, -0.25) is 0 Å². The molecule has 1 aromatic heterocycles. The highest BCUT2D eigenvalue weighted by molar-refractivity contribution is 6.37. The Labute approximate surface area is 155 Å². The maximum Gasteiger partial charge on any atom is 0.0992 e. The minimum atomic E-state index is 0.532. The van der Waals surface area contributed by atoms with E-state index < -0.39 is 0 Å². The molecule has 0 bridgehead atoms. The lowest BCUT2D eigenvalue weighted by atomic mass is 10.1. The zero-order valence-corrected chi connectivity index (χ0v) is 15.2. The van der Waals surface area contributed by atoms with Crippen molar-refractivity contribution < 1.29 is 0 Å².